The molecule has 0 radical (unpaired) electrons. The van der Waals surface area contributed by atoms with Gasteiger partial charge in [-0.3, -0.25) is 4.79 Å². The zero-order chi connectivity index (χ0) is 25.7. The van der Waals surface area contributed by atoms with Crippen molar-refractivity contribution < 1.29 is 13.2 Å². The summed E-state index contributed by atoms with van der Waals surface area (Å²) in [7, 11) is 0. The molecule has 10 heteroatoms. The Bertz CT molecular complexity index is 1860. The van der Waals surface area contributed by atoms with Crippen LogP contribution in [-0.2, 0) is 0 Å². The number of hydrogen-bond donors (Lipinski definition) is 1. The van der Waals surface area contributed by atoms with Crippen molar-refractivity contribution in [2.24, 2.45) is 0 Å². The van der Waals surface area contributed by atoms with Crippen molar-refractivity contribution in [2.75, 3.05) is 5.73 Å². The second-order valence-electron chi connectivity index (χ2n) is 8.47. The standard InChI is InChI=1S/C27H18F2N6O2/c1-14(35-27-22(26(30)32-13-33-27)23(34-35)16-9-10-20(29)31-12-16)25-21(15-5-4-6-17(28)11-15)24(36)18-7-2-3-8-19(18)37-25/h2-14H,1H3,(H2,30,32,33). The zero-order valence-electron chi connectivity index (χ0n) is 19.4. The zero-order valence-corrected chi connectivity index (χ0v) is 19.4. The first-order valence-corrected chi connectivity index (χ1v) is 11.3. The van der Waals surface area contributed by atoms with E-state index < -0.39 is 17.8 Å². The van der Waals surface area contributed by atoms with E-state index in [9.17, 15) is 13.6 Å². The monoisotopic (exact) mass is 496 g/mol. The van der Waals surface area contributed by atoms with Crippen LogP contribution in [0, 0.1) is 11.8 Å². The van der Waals surface area contributed by atoms with Crippen molar-refractivity contribution in [1.29, 1.82) is 0 Å². The topological polar surface area (TPSA) is 113 Å². The third-order valence-electron chi connectivity index (χ3n) is 6.20. The number of rotatable bonds is 4. The molecule has 1 unspecified atom stereocenters. The minimum absolute atomic E-state index is 0.174. The number of nitrogens with zero attached hydrogens (tertiary/aromatic N) is 5. The third-order valence-corrected chi connectivity index (χ3v) is 6.20. The normalized spacial score (nSPS) is 12.3. The Morgan fingerprint density at radius 1 is 0.973 bits per heavy atom. The first-order chi connectivity index (χ1) is 17.9. The number of aromatic nitrogens is 5. The number of hydrogen-bond acceptors (Lipinski definition) is 7. The predicted molar refractivity (Wildman–Crippen MR) is 135 cm³/mol. The number of para-hydroxylation sites is 1. The van der Waals surface area contributed by atoms with Crippen molar-refractivity contribution in [3.8, 4) is 22.4 Å². The van der Waals surface area contributed by atoms with E-state index in [2.05, 4.69) is 15.0 Å². The first kappa shape index (κ1) is 22.5. The van der Waals surface area contributed by atoms with Gasteiger partial charge < -0.3 is 10.2 Å². The Kier molecular flexibility index (Phi) is 5.22. The van der Waals surface area contributed by atoms with Gasteiger partial charge in [0.1, 0.15) is 41.0 Å². The molecule has 0 aliphatic rings. The lowest BCUT2D eigenvalue weighted by atomic mass is 9.99. The molecule has 0 spiro atoms. The highest BCUT2D eigenvalue weighted by molar-refractivity contribution is 5.98. The number of fused-ring (bicyclic) bond motifs is 2. The summed E-state index contributed by atoms with van der Waals surface area (Å²) >= 11 is 0. The average molecular weight is 496 g/mol. The summed E-state index contributed by atoms with van der Waals surface area (Å²) in [5, 5.41) is 5.54. The second-order valence-corrected chi connectivity index (χ2v) is 8.47. The van der Waals surface area contributed by atoms with Gasteiger partial charge in [-0.15, -0.1) is 0 Å². The van der Waals surface area contributed by atoms with E-state index in [1.807, 2.05) is 0 Å². The lowest BCUT2D eigenvalue weighted by Crippen LogP contribution is -2.16. The van der Waals surface area contributed by atoms with Crippen LogP contribution in [0.4, 0.5) is 14.6 Å². The minimum Gasteiger partial charge on any atom is -0.458 e. The van der Waals surface area contributed by atoms with Crippen molar-refractivity contribution in [1.82, 2.24) is 24.7 Å². The number of anilines is 1. The van der Waals surface area contributed by atoms with E-state index in [0.29, 0.717) is 38.8 Å². The molecule has 2 aromatic carbocycles. The van der Waals surface area contributed by atoms with E-state index in [4.69, 9.17) is 15.2 Å². The molecule has 0 saturated carbocycles. The molecule has 0 amide bonds. The number of pyridine rings is 1. The molecule has 37 heavy (non-hydrogen) atoms. The molecule has 4 heterocycles. The fourth-order valence-corrected chi connectivity index (χ4v) is 4.47. The molecule has 6 aromatic rings. The maximum atomic E-state index is 14.2. The summed E-state index contributed by atoms with van der Waals surface area (Å²) in [5.74, 6) is -0.685. The van der Waals surface area contributed by atoms with Crippen LogP contribution in [-0.4, -0.2) is 24.7 Å². The van der Waals surface area contributed by atoms with E-state index in [1.165, 1.54) is 42.9 Å². The highest BCUT2D eigenvalue weighted by atomic mass is 19.1. The van der Waals surface area contributed by atoms with Crippen LogP contribution >= 0.6 is 0 Å². The molecule has 8 nitrogen and oxygen atoms in total. The van der Waals surface area contributed by atoms with Crippen LogP contribution in [0.15, 0.2) is 82.4 Å². The molecule has 4 aromatic heterocycles. The minimum atomic E-state index is -0.686. The van der Waals surface area contributed by atoms with Gasteiger partial charge >= 0.3 is 0 Å². The summed E-state index contributed by atoms with van der Waals surface area (Å²) in [5.41, 5.74) is 8.12. The first-order valence-electron chi connectivity index (χ1n) is 11.3. The average Bonchev–Trinajstić information content (AvgIpc) is 3.29. The quantitative estimate of drug-likeness (QED) is 0.337. The second kappa shape index (κ2) is 8.59. The van der Waals surface area contributed by atoms with Gasteiger partial charge in [0.15, 0.2) is 5.65 Å². The maximum absolute atomic E-state index is 14.2. The fourth-order valence-electron chi connectivity index (χ4n) is 4.47. The molecule has 0 saturated heterocycles. The molecule has 0 fully saturated rings. The maximum Gasteiger partial charge on any atom is 0.212 e. The van der Waals surface area contributed by atoms with Gasteiger partial charge in [0.05, 0.1) is 16.3 Å². The van der Waals surface area contributed by atoms with Gasteiger partial charge in [-0.25, -0.2) is 24.0 Å². The third kappa shape index (κ3) is 3.70. The van der Waals surface area contributed by atoms with E-state index in [-0.39, 0.29) is 22.6 Å². The largest absolute Gasteiger partial charge is 0.458 e. The van der Waals surface area contributed by atoms with Crippen LogP contribution in [0.3, 0.4) is 0 Å². The highest BCUT2D eigenvalue weighted by Gasteiger charge is 2.27. The van der Waals surface area contributed by atoms with Gasteiger partial charge in [0.2, 0.25) is 11.4 Å². The highest BCUT2D eigenvalue weighted by Crippen LogP contribution is 2.36. The molecule has 182 valence electrons. The lowest BCUT2D eigenvalue weighted by Gasteiger charge is -2.17. The molecule has 0 aliphatic heterocycles. The summed E-state index contributed by atoms with van der Waals surface area (Å²) in [6.07, 6.45) is 2.65. The Morgan fingerprint density at radius 3 is 2.59 bits per heavy atom. The summed E-state index contributed by atoms with van der Waals surface area (Å²) in [6.45, 7) is 1.78. The van der Waals surface area contributed by atoms with Crippen molar-refractivity contribution in [3.05, 3.63) is 101 Å². The van der Waals surface area contributed by atoms with Crippen molar-refractivity contribution in [3.63, 3.8) is 0 Å². The lowest BCUT2D eigenvalue weighted by molar-refractivity contribution is 0.446. The Balaban J connectivity index is 1.64. The molecule has 6 rings (SSSR count). The van der Waals surface area contributed by atoms with Gasteiger partial charge in [-0.2, -0.15) is 9.49 Å². The molecule has 1 atom stereocenters. The number of nitrogens with two attached hydrogens (primary N) is 1. The molecule has 0 bridgehead atoms. The molecular weight excluding hydrogens is 478 g/mol. The van der Waals surface area contributed by atoms with E-state index in [1.54, 1.807) is 41.9 Å². The Labute approximate surface area is 208 Å². The van der Waals surface area contributed by atoms with Gasteiger partial charge in [0, 0.05) is 11.8 Å². The van der Waals surface area contributed by atoms with Crippen molar-refractivity contribution >= 4 is 27.8 Å². The van der Waals surface area contributed by atoms with E-state index >= 15 is 0 Å². The van der Waals surface area contributed by atoms with Crippen LogP contribution in [0.25, 0.3) is 44.4 Å². The van der Waals surface area contributed by atoms with Gasteiger partial charge in [0.25, 0.3) is 0 Å². The smallest absolute Gasteiger partial charge is 0.212 e. The SMILES string of the molecule is CC(c1oc2ccccc2c(=O)c1-c1cccc(F)c1)n1nc(-c2ccc(F)nc2)c2c(N)ncnc21. The summed E-state index contributed by atoms with van der Waals surface area (Å²) < 4.78 is 35.5. The molecule has 2 N–H and O–H groups in total. The van der Waals surface area contributed by atoms with Crippen LogP contribution in [0.5, 0.6) is 0 Å². The van der Waals surface area contributed by atoms with Crippen molar-refractivity contribution in [2.45, 2.75) is 13.0 Å². The number of nitrogen functional groups attached to an aromatic ring is 1. The van der Waals surface area contributed by atoms with Gasteiger partial charge in [-0.05, 0) is 48.9 Å². The van der Waals surface area contributed by atoms with Crippen LogP contribution < -0.4 is 11.2 Å². The fraction of sp³-hybridized carbons (Fsp3) is 0.0741. The predicted octanol–water partition coefficient (Wildman–Crippen LogP) is 5.13. The number of benzene rings is 2. The van der Waals surface area contributed by atoms with Crippen LogP contribution in [0.1, 0.15) is 18.7 Å². The summed E-state index contributed by atoms with van der Waals surface area (Å²) in [4.78, 5) is 25.9. The van der Waals surface area contributed by atoms with E-state index in [0.717, 1.165) is 0 Å². The Hall–Kier alpha value is -4.99. The molecular formula is C27H18F2N6O2. The number of halogens is 2. The molecule has 0 aliphatic carbocycles. The Morgan fingerprint density at radius 2 is 1.81 bits per heavy atom. The summed E-state index contributed by atoms with van der Waals surface area (Å²) in [6, 6.07) is 14.7. The van der Waals surface area contributed by atoms with Crippen LogP contribution in [0.2, 0.25) is 0 Å². The van der Waals surface area contributed by atoms with Gasteiger partial charge in [-0.1, -0.05) is 24.3 Å².